The Bertz CT molecular complexity index is 671. The Hall–Kier alpha value is -2.49. The van der Waals surface area contributed by atoms with Crippen molar-refractivity contribution in [1.29, 1.82) is 5.26 Å². The third-order valence-corrected chi connectivity index (χ3v) is 3.46. The van der Waals surface area contributed by atoms with Gasteiger partial charge in [0, 0.05) is 6.54 Å². The quantitative estimate of drug-likeness (QED) is 0.501. The van der Waals surface area contributed by atoms with E-state index in [1.807, 2.05) is 24.3 Å². The molecular weight excluding hydrogens is 272 g/mol. The second kappa shape index (κ2) is 6.61. The minimum Gasteiger partial charge on any atom is -0.326 e. The molecule has 2 rings (SSSR count). The first-order valence-corrected chi connectivity index (χ1v) is 6.74. The highest BCUT2D eigenvalue weighted by atomic mass is 32.1. The lowest BCUT2D eigenvalue weighted by atomic mass is 10.2. The molecule has 0 fully saturated rings. The third-order valence-electron chi connectivity index (χ3n) is 2.59. The van der Waals surface area contributed by atoms with E-state index in [-0.39, 0.29) is 11.5 Å². The predicted octanol–water partition coefficient (Wildman–Crippen LogP) is 2.38. The second-order valence-electron chi connectivity index (χ2n) is 3.85. The van der Waals surface area contributed by atoms with Crippen molar-refractivity contribution in [3.63, 3.8) is 0 Å². The summed E-state index contributed by atoms with van der Waals surface area (Å²) in [7, 11) is 0. The van der Waals surface area contributed by atoms with Gasteiger partial charge in [0.2, 0.25) is 11.5 Å². The van der Waals surface area contributed by atoms with Crippen molar-refractivity contribution in [3.8, 4) is 6.07 Å². The molecule has 0 bridgehead atoms. The van der Waals surface area contributed by atoms with Crippen molar-refractivity contribution in [1.82, 2.24) is 0 Å². The lowest BCUT2D eigenvalue weighted by Gasteiger charge is -2.06. The molecule has 3 N–H and O–H groups in total. The number of thiophene rings is 1. The Morgan fingerprint density at radius 3 is 2.80 bits per heavy atom. The molecule has 5 nitrogen and oxygen atoms in total. The molecule has 0 saturated heterocycles. The molecule has 0 aliphatic heterocycles. The van der Waals surface area contributed by atoms with Crippen LogP contribution in [0.5, 0.6) is 0 Å². The largest absolute Gasteiger partial charge is 0.326 e. The van der Waals surface area contributed by atoms with Crippen LogP contribution in [0, 0.1) is 11.3 Å². The van der Waals surface area contributed by atoms with Crippen LogP contribution in [-0.4, -0.2) is 11.5 Å². The van der Waals surface area contributed by atoms with Gasteiger partial charge in [-0.25, -0.2) is 0 Å². The highest BCUT2D eigenvalue weighted by molar-refractivity contribution is 7.13. The standard InChI is InChI=1S/C14H12N4OS/c15-8-10-4-1-2-5-11(10)17-18-12(9-16)14(19)13-6-3-7-20-13/h1-7,17H,8,15H2/b18-12+. The van der Waals surface area contributed by atoms with Crippen molar-refractivity contribution < 1.29 is 4.79 Å². The van der Waals surface area contributed by atoms with E-state index >= 15 is 0 Å². The van der Waals surface area contributed by atoms with Crippen LogP contribution in [0.25, 0.3) is 0 Å². The number of hydrogen-bond acceptors (Lipinski definition) is 6. The van der Waals surface area contributed by atoms with E-state index in [9.17, 15) is 4.79 Å². The topological polar surface area (TPSA) is 91.3 Å². The maximum atomic E-state index is 12.0. The molecule has 1 aromatic carbocycles. The number of hydrogen-bond donors (Lipinski definition) is 2. The summed E-state index contributed by atoms with van der Waals surface area (Å²) in [6, 6.07) is 12.5. The maximum Gasteiger partial charge on any atom is 0.233 e. The highest BCUT2D eigenvalue weighted by Crippen LogP contribution is 2.15. The van der Waals surface area contributed by atoms with E-state index in [2.05, 4.69) is 10.5 Å². The predicted molar refractivity (Wildman–Crippen MR) is 79.7 cm³/mol. The van der Waals surface area contributed by atoms with Crippen LogP contribution in [0.2, 0.25) is 0 Å². The number of carbonyl (C=O) groups is 1. The summed E-state index contributed by atoms with van der Waals surface area (Å²) in [6.45, 7) is 0.347. The second-order valence-corrected chi connectivity index (χ2v) is 4.80. The smallest absolute Gasteiger partial charge is 0.233 e. The monoisotopic (exact) mass is 284 g/mol. The average molecular weight is 284 g/mol. The zero-order chi connectivity index (χ0) is 14.4. The summed E-state index contributed by atoms with van der Waals surface area (Å²) in [4.78, 5) is 12.5. The Morgan fingerprint density at radius 1 is 1.35 bits per heavy atom. The van der Waals surface area contributed by atoms with Crippen molar-refractivity contribution in [2.24, 2.45) is 10.8 Å². The molecule has 0 amide bonds. The van der Waals surface area contributed by atoms with Gasteiger partial charge in [-0.05, 0) is 23.1 Å². The van der Waals surface area contributed by atoms with Crippen LogP contribution in [-0.2, 0) is 6.54 Å². The van der Waals surface area contributed by atoms with Gasteiger partial charge in [0.05, 0.1) is 10.6 Å². The van der Waals surface area contributed by atoms with Crippen LogP contribution in [0.4, 0.5) is 5.69 Å². The Kier molecular flexibility index (Phi) is 4.60. The average Bonchev–Trinajstić information content (AvgIpc) is 3.02. The number of nitrogens with two attached hydrogens (primary N) is 1. The van der Waals surface area contributed by atoms with Crippen molar-refractivity contribution in [2.75, 3.05) is 5.43 Å². The van der Waals surface area contributed by atoms with Gasteiger partial charge in [-0.3, -0.25) is 10.2 Å². The molecule has 2 aromatic rings. The molecule has 0 atom stereocenters. The Balaban J connectivity index is 2.21. The minimum atomic E-state index is -0.389. The molecule has 20 heavy (non-hydrogen) atoms. The lowest BCUT2D eigenvalue weighted by molar-refractivity contribution is 0.107. The number of carbonyl (C=O) groups excluding carboxylic acids is 1. The normalized spacial score (nSPS) is 10.9. The van der Waals surface area contributed by atoms with Gasteiger partial charge in [0.15, 0.2) is 0 Å². The number of ketones is 1. The fourth-order valence-electron chi connectivity index (χ4n) is 1.57. The number of benzene rings is 1. The van der Waals surface area contributed by atoms with Crippen LogP contribution in [0.3, 0.4) is 0 Å². The van der Waals surface area contributed by atoms with Crippen LogP contribution in [0.15, 0.2) is 46.9 Å². The molecule has 6 heteroatoms. The molecule has 1 heterocycles. The number of nitrogens with zero attached hydrogens (tertiary/aromatic N) is 2. The minimum absolute atomic E-state index is 0.181. The van der Waals surface area contributed by atoms with E-state index in [0.29, 0.717) is 17.1 Å². The molecule has 0 aliphatic rings. The third kappa shape index (κ3) is 3.09. The maximum absolute atomic E-state index is 12.0. The van der Waals surface area contributed by atoms with E-state index < -0.39 is 0 Å². The zero-order valence-electron chi connectivity index (χ0n) is 10.5. The van der Waals surface area contributed by atoms with Gasteiger partial charge in [-0.2, -0.15) is 10.4 Å². The molecule has 0 radical (unpaired) electrons. The molecule has 1 aromatic heterocycles. The van der Waals surface area contributed by atoms with Gasteiger partial charge >= 0.3 is 0 Å². The zero-order valence-corrected chi connectivity index (χ0v) is 11.4. The number of para-hydroxylation sites is 1. The molecule has 0 unspecified atom stereocenters. The number of nitriles is 1. The lowest BCUT2D eigenvalue weighted by Crippen LogP contribution is -2.13. The number of anilines is 1. The van der Waals surface area contributed by atoms with Crippen LogP contribution < -0.4 is 11.2 Å². The summed E-state index contributed by atoms with van der Waals surface area (Å²) in [5.41, 5.74) is 9.69. The molecular formula is C14H12N4OS. The Morgan fingerprint density at radius 2 is 2.15 bits per heavy atom. The SMILES string of the molecule is N#C/C(=N\Nc1ccccc1CN)C(=O)c1cccs1. The van der Waals surface area contributed by atoms with Crippen LogP contribution in [0.1, 0.15) is 15.2 Å². The summed E-state index contributed by atoms with van der Waals surface area (Å²) in [5, 5.41) is 14.7. The summed E-state index contributed by atoms with van der Waals surface area (Å²) < 4.78 is 0. The van der Waals surface area contributed by atoms with E-state index in [1.165, 1.54) is 11.3 Å². The first-order chi connectivity index (χ1) is 9.76. The van der Waals surface area contributed by atoms with Crippen molar-refractivity contribution in [3.05, 3.63) is 52.2 Å². The fraction of sp³-hybridized carbons (Fsp3) is 0.0714. The van der Waals surface area contributed by atoms with Gasteiger partial charge in [-0.15, -0.1) is 11.3 Å². The summed E-state index contributed by atoms with van der Waals surface area (Å²) in [5.74, 6) is -0.389. The van der Waals surface area contributed by atoms with Crippen molar-refractivity contribution >= 4 is 28.5 Å². The van der Waals surface area contributed by atoms with Crippen LogP contribution >= 0.6 is 11.3 Å². The van der Waals surface area contributed by atoms with Gasteiger partial charge in [0.1, 0.15) is 6.07 Å². The number of hydrazone groups is 1. The Labute approximate surface area is 120 Å². The van der Waals surface area contributed by atoms with Crippen molar-refractivity contribution in [2.45, 2.75) is 6.54 Å². The first kappa shape index (κ1) is 13.9. The molecule has 100 valence electrons. The van der Waals surface area contributed by atoms with E-state index in [1.54, 1.807) is 23.6 Å². The van der Waals surface area contributed by atoms with E-state index in [0.717, 1.165) is 5.56 Å². The molecule has 0 spiro atoms. The molecule has 0 saturated carbocycles. The summed E-state index contributed by atoms with van der Waals surface area (Å²) >= 11 is 1.27. The fourth-order valence-corrected chi connectivity index (χ4v) is 2.24. The van der Waals surface area contributed by atoms with E-state index in [4.69, 9.17) is 11.0 Å². The first-order valence-electron chi connectivity index (χ1n) is 5.86. The number of rotatable bonds is 5. The number of nitrogens with one attached hydrogen (secondary N) is 1. The van der Waals surface area contributed by atoms with Gasteiger partial charge in [0.25, 0.3) is 0 Å². The van der Waals surface area contributed by atoms with Gasteiger partial charge in [-0.1, -0.05) is 24.3 Å². The summed E-state index contributed by atoms with van der Waals surface area (Å²) in [6.07, 6.45) is 0. The number of Topliss-reactive ketones (excluding diaryl/α,β-unsaturated/α-hetero) is 1. The highest BCUT2D eigenvalue weighted by Gasteiger charge is 2.14. The van der Waals surface area contributed by atoms with Gasteiger partial charge < -0.3 is 5.73 Å². The molecule has 0 aliphatic carbocycles.